The number of thiophene rings is 1. The number of rotatable bonds is 4. The zero-order valence-electron chi connectivity index (χ0n) is 14.9. The highest BCUT2D eigenvalue weighted by atomic mass is 32.1. The summed E-state index contributed by atoms with van der Waals surface area (Å²) in [6, 6.07) is 16.4. The standard InChI is InChI=1S/C22H20N4S/c1-2-8-15(9-3-1)20(17-11-6-7-13-23-17)26-21-19-16-10-4-5-12-18(16)27-22(19)25-14-24-21/h1-3,6-9,11,13-14,20H,4-5,10,12H2,(H,24,25,26). The second-order valence-electron chi connectivity index (χ2n) is 6.86. The van der Waals surface area contributed by atoms with Crippen molar-refractivity contribution in [2.45, 2.75) is 31.7 Å². The molecule has 4 nitrogen and oxygen atoms in total. The monoisotopic (exact) mass is 372 g/mol. The Balaban J connectivity index is 1.62. The summed E-state index contributed by atoms with van der Waals surface area (Å²) in [5, 5.41) is 4.89. The minimum absolute atomic E-state index is 0.0513. The highest BCUT2D eigenvalue weighted by Gasteiger charge is 2.22. The van der Waals surface area contributed by atoms with E-state index in [1.807, 2.05) is 35.7 Å². The normalized spacial score (nSPS) is 14.7. The van der Waals surface area contributed by atoms with Crippen molar-refractivity contribution in [1.29, 1.82) is 0 Å². The predicted molar refractivity (Wildman–Crippen MR) is 110 cm³/mol. The molecule has 1 aromatic carbocycles. The maximum atomic E-state index is 4.63. The van der Waals surface area contributed by atoms with Gasteiger partial charge >= 0.3 is 0 Å². The van der Waals surface area contributed by atoms with E-state index < -0.39 is 0 Å². The lowest BCUT2D eigenvalue weighted by molar-refractivity contribution is 0.700. The van der Waals surface area contributed by atoms with Crippen LogP contribution >= 0.6 is 11.3 Å². The number of nitrogens with one attached hydrogen (secondary N) is 1. The summed E-state index contributed by atoms with van der Waals surface area (Å²) >= 11 is 1.83. The summed E-state index contributed by atoms with van der Waals surface area (Å²) in [6.07, 6.45) is 8.32. The van der Waals surface area contributed by atoms with Gasteiger partial charge in [-0.25, -0.2) is 9.97 Å². The minimum atomic E-state index is -0.0513. The van der Waals surface area contributed by atoms with E-state index in [2.05, 4.69) is 50.6 Å². The molecule has 0 amide bonds. The highest BCUT2D eigenvalue weighted by molar-refractivity contribution is 7.19. The largest absolute Gasteiger partial charge is 0.357 e. The zero-order valence-corrected chi connectivity index (χ0v) is 15.7. The highest BCUT2D eigenvalue weighted by Crippen LogP contribution is 2.39. The maximum Gasteiger partial charge on any atom is 0.139 e. The predicted octanol–water partition coefficient (Wildman–Crippen LogP) is 5.17. The number of pyridine rings is 1. The lowest BCUT2D eigenvalue weighted by Crippen LogP contribution is -2.15. The number of aromatic nitrogens is 3. The Bertz CT molecular complexity index is 1020. The molecule has 0 radical (unpaired) electrons. The van der Waals surface area contributed by atoms with E-state index in [-0.39, 0.29) is 6.04 Å². The van der Waals surface area contributed by atoms with Crippen LogP contribution in [0.4, 0.5) is 5.82 Å². The van der Waals surface area contributed by atoms with Crippen LogP contribution < -0.4 is 5.32 Å². The van der Waals surface area contributed by atoms with E-state index >= 15 is 0 Å². The Morgan fingerprint density at radius 2 is 1.74 bits per heavy atom. The lowest BCUT2D eigenvalue weighted by atomic mass is 9.96. The lowest BCUT2D eigenvalue weighted by Gasteiger charge is -2.20. The van der Waals surface area contributed by atoms with Crippen molar-refractivity contribution in [1.82, 2.24) is 15.0 Å². The molecule has 27 heavy (non-hydrogen) atoms. The van der Waals surface area contributed by atoms with E-state index in [1.54, 1.807) is 6.33 Å². The molecule has 0 bridgehead atoms. The van der Waals surface area contributed by atoms with Crippen LogP contribution in [0.25, 0.3) is 10.2 Å². The Hall–Kier alpha value is -2.79. The molecule has 0 spiro atoms. The third-order valence-electron chi connectivity index (χ3n) is 5.15. The van der Waals surface area contributed by atoms with Gasteiger partial charge in [0.15, 0.2) is 0 Å². The van der Waals surface area contributed by atoms with Crippen molar-refractivity contribution in [3.63, 3.8) is 0 Å². The van der Waals surface area contributed by atoms with Crippen molar-refractivity contribution in [2.24, 2.45) is 0 Å². The van der Waals surface area contributed by atoms with Gasteiger partial charge in [-0.2, -0.15) is 0 Å². The van der Waals surface area contributed by atoms with E-state index in [9.17, 15) is 0 Å². The van der Waals surface area contributed by atoms with Crippen LogP contribution in [0.2, 0.25) is 0 Å². The second-order valence-corrected chi connectivity index (χ2v) is 7.94. The summed E-state index contributed by atoms with van der Waals surface area (Å²) in [5.41, 5.74) is 3.60. The number of hydrogen-bond donors (Lipinski definition) is 1. The molecule has 1 aliphatic carbocycles. The Labute approximate surface area is 162 Å². The molecule has 0 saturated carbocycles. The van der Waals surface area contributed by atoms with Crippen LogP contribution in [0.3, 0.4) is 0 Å². The van der Waals surface area contributed by atoms with E-state index in [4.69, 9.17) is 0 Å². The van der Waals surface area contributed by atoms with Crippen LogP contribution in [0.1, 0.15) is 40.6 Å². The average Bonchev–Trinajstić information content (AvgIpc) is 3.13. The first kappa shape index (κ1) is 16.4. The number of aryl methyl sites for hydroxylation is 2. The Morgan fingerprint density at radius 1 is 0.889 bits per heavy atom. The molecule has 3 heterocycles. The molecule has 4 aromatic rings. The molecule has 1 unspecified atom stereocenters. The first-order valence-electron chi connectivity index (χ1n) is 9.38. The van der Waals surface area contributed by atoms with Crippen LogP contribution in [0.5, 0.6) is 0 Å². The van der Waals surface area contributed by atoms with Gasteiger partial charge in [-0.05, 0) is 48.9 Å². The number of benzene rings is 1. The van der Waals surface area contributed by atoms with E-state index in [1.165, 1.54) is 34.2 Å². The molecular formula is C22H20N4S. The van der Waals surface area contributed by atoms with Crippen molar-refractivity contribution >= 4 is 27.4 Å². The molecular weight excluding hydrogens is 352 g/mol. The molecule has 134 valence electrons. The van der Waals surface area contributed by atoms with Gasteiger partial charge in [-0.15, -0.1) is 11.3 Å². The third-order valence-corrected chi connectivity index (χ3v) is 6.35. The molecule has 5 rings (SSSR count). The second kappa shape index (κ2) is 7.08. The zero-order chi connectivity index (χ0) is 18.1. The molecule has 1 atom stereocenters. The number of fused-ring (bicyclic) bond motifs is 3. The van der Waals surface area contributed by atoms with Crippen LogP contribution in [0.15, 0.2) is 61.1 Å². The van der Waals surface area contributed by atoms with Crippen LogP contribution in [-0.4, -0.2) is 15.0 Å². The fourth-order valence-electron chi connectivity index (χ4n) is 3.86. The fraction of sp³-hybridized carbons (Fsp3) is 0.227. The fourth-order valence-corrected chi connectivity index (χ4v) is 5.09. The van der Waals surface area contributed by atoms with Gasteiger partial charge < -0.3 is 5.32 Å². The summed E-state index contributed by atoms with van der Waals surface area (Å²) < 4.78 is 0. The minimum Gasteiger partial charge on any atom is -0.357 e. The van der Waals surface area contributed by atoms with Gasteiger partial charge in [0.25, 0.3) is 0 Å². The van der Waals surface area contributed by atoms with Gasteiger partial charge in [-0.3, -0.25) is 4.98 Å². The number of nitrogens with zero attached hydrogens (tertiary/aromatic N) is 3. The summed E-state index contributed by atoms with van der Waals surface area (Å²) in [7, 11) is 0. The maximum absolute atomic E-state index is 4.63. The smallest absolute Gasteiger partial charge is 0.139 e. The molecule has 1 N–H and O–H groups in total. The van der Waals surface area contributed by atoms with Crippen molar-refractivity contribution in [3.05, 3.63) is 82.8 Å². The average molecular weight is 372 g/mol. The molecule has 0 saturated heterocycles. The molecule has 0 aliphatic heterocycles. The van der Waals surface area contributed by atoms with Crippen molar-refractivity contribution in [2.75, 3.05) is 5.32 Å². The molecule has 1 aliphatic rings. The molecule has 5 heteroatoms. The van der Waals surface area contributed by atoms with Gasteiger partial charge in [0, 0.05) is 11.1 Å². The molecule has 0 fully saturated rings. The summed E-state index contributed by atoms with van der Waals surface area (Å²) in [4.78, 5) is 16.4. The van der Waals surface area contributed by atoms with Gasteiger partial charge in [0.05, 0.1) is 17.1 Å². The molecule has 3 aromatic heterocycles. The van der Waals surface area contributed by atoms with E-state index in [0.29, 0.717) is 0 Å². The Morgan fingerprint density at radius 3 is 2.59 bits per heavy atom. The van der Waals surface area contributed by atoms with Crippen LogP contribution in [-0.2, 0) is 12.8 Å². The van der Waals surface area contributed by atoms with Gasteiger partial charge in [-0.1, -0.05) is 36.4 Å². The quantitative estimate of drug-likeness (QED) is 0.537. The first-order valence-corrected chi connectivity index (χ1v) is 10.2. The number of anilines is 1. The summed E-state index contributed by atoms with van der Waals surface area (Å²) in [6.45, 7) is 0. The van der Waals surface area contributed by atoms with Gasteiger partial charge in [0.1, 0.15) is 17.0 Å². The van der Waals surface area contributed by atoms with Gasteiger partial charge in [0.2, 0.25) is 0 Å². The summed E-state index contributed by atoms with van der Waals surface area (Å²) in [5.74, 6) is 0.916. The van der Waals surface area contributed by atoms with Crippen molar-refractivity contribution in [3.8, 4) is 0 Å². The van der Waals surface area contributed by atoms with Crippen LogP contribution in [0, 0.1) is 0 Å². The first-order chi connectivity index (χ1) is 13.4. The Kier molecular flexibility index (Phi) is 4.30. The third kappa shape index (κ3) is 3.08. The SMILES string of the molecule is c1ccc(C(Nc2ncnc3sc4c(c23)CCCC4)c2ccccn2)cc1. The van der Waals surface area contributed by atoms with Crippen molar-refractivity contribution < 1.29 is 0 Å². The number of hydrogen-bond acceptors (Lipinski definition) is 5. The topological polar surface area (TPSA) is 50.7 Å². The van der Waals surface area contributed by atoms with E-state index in [0.717, 1.165) is 29.2 Å².